The fraction of sp³-hybridized carbons (Fsp3) is 0.474. The molecular weight excluding hydrogens is 228 g/mol. The van der Waals surface area contributed by atoms with Gasteiger partial charge in [-0.3, -0.25) is 0 Å². The molecule has 1 saturated carbocycles. The van der Waals surface area contributed by atoms with Gasteiger partial charge in [0.2, 0.25) is 0 Å². The van der Waals surface area contributed by atoms with E-state index in [0.29, 0.717) is 0 Å². The van der Waals surface area contributed by atoms with Gasteiger partial charge in [-0.2, -0.15) is 0 Å². The van der Waals surface area contributed by atoms with E-state index < -0.39 is 0 Å². The van der Waals surface area contributed by atoms with Crippen molar-refractivity contribution in [2.75, 3.05) is 0 Å². The molecular formula is C19H22. The number of benzene rings is 1. The number of terminal acetylenes is 1. The third-order valence-electron chi connectivity index (χ3n) is 5.57. The molecule has 2 aliphatic rings. The van der Waals surface area contributed by atoms with Crippen LogP contribution in [0, 0.1) is 24.2 Å². The van der Waals surface area contributed by atoms with Crippen LogP contribution in [0.5, 0.6) is 0 Å². The standard InChI is InChI=1S/C19H22/c1-4-9-17-14(2)16-12-8-13-18(16)19(17,3)15-10-6-5-7-11-15/h1,5-7,10-11,16,18H,8-9,12-13H2,2-3H3/t16-,18-,19+/m0/s1. The van der Waals surface area contributed by atoms with Gasteiger partial charge in [0.25, 0.3) is 0 Å². The van der Waals surface area contributed by atoms with E-state index in [1.807, 2.05) is 0 Å². The summed E-state index contributed by atoms with van der Waals surface area (Å²) >= 11 is 0. The van der Waals surface area contributed by atoms with Gasteiger partial charge in [-0.15, -0.1) is 12.3 Å². The summed E-state index contributed by atoms with van der Waals surface area (Å²) in [5.41, 5.74) is 4.73. The minimum absolute atomic E-state index is 0.166. The smallest absolute Gasteiger partial charge is 0.0308 e. The zero-order chi connectivity index (χ0) is 13.5. The molecule has 19 heavy (non-hydrogen) atoms. The highest BCUT2D eigenvalue weighted by atomic mass is 14.5. The topological polar surface area (TPSA) is 0 Å². The number of hydrogen-bond donors (Lipinski definition) is 0. The quantitative estimate of drug-likeness (QED) is 0.526. The van der Waals surface area contributed by atoms with E-state index in [-0.39, 0.29) is 5.41 Å². The summed E-state index contributed by atoms with van der Waals surface area (Å²) in [5, 5.41) is 0. The van der Waals surface area contributed by atoms with Crippen molar-refractivity contribution in [3.05, 3.63) is 47.0 Å². The molecule has 0 spiro atoms. The molecule has 0 unspecified atom stereocenters. The summed E-state index contributed by atoms with van der Waals surface area (Å²) in [4.78, 5) is 0. The normalized spacial score (nSPS) is 33.3. The summed E-state index contributed by atoms with van der Waals surface area (Å²) in [7, 11) is 0. The Bertz CT molecular complexity index is 543. The van der Waals surface area contributed by atoms with Gasteiger partial charge in [0, 0.05) is 11.8 Å². The molecule has 3 rings (SSSR count). The molecule has 0 aliphatic heterocycles. The largest absolute Gasteiger partial charge is 0.120 e. The maximum absolute atomic E-state index is 5.64. The lowest BCUT2D eigenvalue weighted by Crippen LogP contribution is -2.31. The Hall–Kier alpha value is -1.48. The second kappa shape index (κ2) is 4.57. The monoisotopic (exact) mass is 250 g/mol. The van der Waals surface area contributed by atoms with Crippen LogP contribution >= 0.6 is 0 Å². The van der Waals surface area contributed by atoms with E-state index in [1.165, 1.54) is 30.4 Å². The summed E-state index contributed by atoms with van der Waals surface area (Å²) in [6, 6.07) is 11.0. The van der Waals surface area contributed by atoms with Crippen LogP contribution in [0.3, 0.4) is 0 Å². The van der Waals surface area contributed by atoms with Crippen molar-refractivity contribution in [1.82, 2.24) is 0 Å². The Morgan fingerprint density at radius 3 is 2.68 bits per heavy atom. The SMILES string of the molecule is C#CCC1=C(C)[C@@H]2CCC[C@@H]2[C@]1(C)c1ccccc1. The van der Waals surface area contributed by atoms with Crippen LogP contribution in [-0.2, 0) is 5.41 Å². The highest BCUT2D eigenvalue weighted by molar-refractivity contribution is 5.46. The molecule has 0 saturated heterocycles. The van der Waals surface area contributed by atoms with Crippen LogP contribution in [0.4, 0.5) is 0 Å². The highest BCUT2D eigenvalue weighted by Gasteiger charge is 2.51. The Kier molecular flexibility index (Phi) is 3.02. The van der Waals surface area contributed by atoms with Crippen molar-refractivity contribution in [2.45, 2.75) is 44.9 Å². The summed E-state index contributed by atoms with van der Waals surface area (Å²) < 4.78 is 0. The van der Waals surface area contributed by atoms with Gasteiger partial charge >= 0.3 is 0 Å². The molecule has 1 aromatic carbocycles. The van der Waals surface area contributed by atoms with Crippen molar-refractivity contribution >= 4 is 0 Å². The molecule has 1 aromatic rings. The number of allylic oxidation sites excluding steroid dienone is 2. The maximum atomic E-state index is 5.64. The summed E-state index contributed by atoms with van der Waals surface area (Å²) in [5.74, 6) is 4.43. The third kappa shape index (κ3) is 1.68. The Morgan fingerprint density at radius 2 is 2.00 bits per heavy atom. The maximum Gasteiger partial charge on any atom is 0.0308 e. The first-order chi connectivity index (χ1) is 9.19. The number of rotatable bonds is 2. The fourth-order valence-electron chi connectivity index (χ4n) is 4.62. The molecule has 0 amide bonds. The van der Waals surface area contributed by atoms with Gasteiger partial charge in [-0.05, 0) is 42.7 Å². The van der Waals surface area contributed by atoms with Crippen LogP contribution in [0.25, 0.3) is 0 Å². The molecule has 0 heterocycles. The molecule has 1 fully saturated rings. The molecule has 0 nitrogen and oxygen atoms in total. The first kappa shape index (κ1) is 12.5. The summed E-state index contributed by atoms with van der Waals surface area (Å²) in [6.07, 6.45) is 10.5. The molecule has 3 atom stereocenters. The van der Waals surface area contributed by atoms with Gasteiger partial charge in [-0.25, -0.2) is 0 Å². The molecule has 0 aromatic heterocycles. The lowest BCUT2D eigenvalue weighted by atomic mass is 9.68. The molecule has 0 radical (unpaired) electrons. The van der Waals surface area contributed by atoms with Gasteiger partial charge in [0.15, 0.2) is 0 Å². The van der Waals surface area contributed by atoms with E-state index in [4.69, 9.17) is 6.42 Å². The van der Waals surface area contributed by atoms with Crippen LogP contribution in [0.2, 0.25) is 0 Å². The first-order valence-corrected chi connectivity index (χ1v) is 7.38. The highest BCUT2D eigenvalue weighted by Crippen LogP contribution is 2.59. The predicted molar refractivity (Wildman–Crippen MR) is 80.8 cm³/mol. The van der Waals surface area contributed by atoms with Crippen LogP contribution in [0.15, 0.2) is 41.5 Å². The van der Waals surface area contributed by atoms with Crippen LogP contribution in [0.1, 0.15) is 45.1 Å². The average Bonchev–Trinajstić information content (AvgIpc) is 3.00. The number of hydrogen-bond acceptors (Lipinski definition) is 0. The second-order valence-corrected chi connectivity index (χ2v) is 6.25. The van der Waals surface area contributed by atoms with Crippen LogP contribution < -0.4 is 0 Å². The van der Waals surface area contributed by atoms with Gasteiger partial charge in [-0.1, -0.05) is 49.2 Å². The van der Waals surface area contributed by atoms with Gasteiger partial charge < -0.3 is 0 Å². The minimum atomic E-state index is 0.166. The average molecular weight is 250 g/mol. The van der Waals surface area contributed by atoms with Crippen molar-refractivity contribution in [2.24, 2.45) is 11.8 Å². The first-order valence-electron chi connectivity index (χ1n) is 7.38. The Balaban J connectivity index is 2.14. The Morgan fingerprint density at radius 1 is 1.26 bits per heavy atom. The lowest BCUT2D eigenvalue weighted by molar-refractivity contribution is 0.328. The zero-order valence-electron chi connectivity index (χ0n) is 11.9. The molecule has 0 N–H and O–H groups in total. The minimum Gasteiger partial charge on any atom is -0.120 e. The van der Waals surface area contributed by atoms with E-state index in [2.05, 4.69) is 50.1 Å². The Labute approximate surface area is 116 Å². The second-order valence-electron chi connectivity index (χ2n) is 6.25. The van der Waals surface area contributed by atoms with E-state index >= 15 is 0 Å². The van der Waals surface area contributed by atoms with E-state index in [1.54, 1.807) is 5.57 Å². The third-order valence-corrected chi connectivity index (χ3v) is 5.57. The molecule has 2 aliphatic carbocycles. The summed E-state index contributed by atoms with van der Waals surface area (Å²) in [6.45, 7) is 4.75. The van der Waals surface area contributed by atoms with E-state index in [9.17, 15) is 0 Å². The van der Waals surface area contributed by atoms with Crippen molar-refractivity contribution < 1.29 is 0 Å². The van der Waals surface area contributed by atoms with Crippen molar-refractivity contribution in [1.29, 1.82) is 0 Å². The molecule has 0 bridgehead atoms. The fourth-order valence-corrected chi connectivity index (χ4v) is 4.62. The van der Waals surface area contributed by atoms with Gasteiger partial charge in [0.05, 0.1) is 0 Å². The van der Waals surface area contributed by atoms with Gasteiger partial charge in [0.1, 0.15) is 0 Å². The molecule has 0 heteroatoms. The van der Waals surface area contributed by atoms with Crippen LogP contribution in [-0.4, -0.2) is 0 Å². The zero-order valence-corrected chi connectivity index (χ0v) is 11.9. The number of fused-ring (bicyclic) bond motifs is 1. The molecule has 98 valence electrons. The van der Waals surface area contributed by atoms with E-state index in [0.717, 1.165) is 18.3 Å². The van der Waals surface area contributed by atoms with Crippen molar-refractivity contribution in [3.8, 4) is 12.3 Å². The predicted octanol–water partition coefficient (Wildman–Crippen LogP) is 4.71. The lowest BCUT2D eigenvalue weighted by Gasteiger charge is -2.35. The van der Waals surface area contributed by atoms with Crippen molar-refractivity contribution in [3.63, 3.8) is 0 Å².